The standard InChI is InChI=1S/C17H14Cl2N2/c1-10-5-6-11-3-2-4-12(17(11)21-10)9-13-14(18)7-8-15(20)16(13)19/h2-8H,9,20H2,1H3. The van der Waals surface area contributed by atoms with Crippen molar-refractivity contribution in [3.8, 4) is 0 Å². The Bertz CT molecular complexity index is 828. The Labute approximate surface area is 133 Å². The Kier molecular flexibility index (Phi) is 3.75. The highest BCUT2D eigenvalue weighted by Gasteiger charge is 2.12. The van der Waals surface area contributed by atoms with E-state index in [1.807, 2.05) is 31.2 Å². The van der Waals surface area contributed by atoms with Crippen LogP contribution in [0.4, 0.5) is 5.69 Å². The minimum atomic E-state index is 0.521. The summed E-state index contributed by atoms with van der Waals surface area (Å²) in [6, 6.07) is 13.7. The van der Waals surface area contributed by atoms with Crippen LogP contribution in [0.25, 0.3) is 10.9 Å². The van der Waals surface area contributed by atoms with Crippen LogP contribution in [0.3, 0.4) is 0 Å². The third-order valence-electron chi connectivity index (χ3n) is 3.53. The SMILES string of the molecule is Cc1ccc2cccc(Cc3c(Cl)ccc(N)c3Cl)c2n1. The number of fused-ring (bicyclic) bond motifs is 1. The molecule has 1 heterocycles. The third-order valence-corrected chi connectivity index (χ3v) is 4.33. The minimum Gasteiger partial charge on any atom is -0.398 e. The van der Waals surface area contributed by atoms with Crippen molar-refractivity contribution in [3.05, 3.63) is 69.3 Å². The number of nitrogen functional groups attached to an aromatic ring is 1. The number of halogens is 2. The molecule has 0 radical (unpaired) electrons. The Balaban J connectivity index is 2.15. The Morgan fingerprint density at radius 3 is 2.67 bits per heavy atom. The van der Waals surface area contributed by atoms with E-state index in [0.29, 0.717) is 22.2 Å². The number of hydrogen-bond acceptors (Lipinski definition) is 2. The number of pyridine rings is 1. The highest BCUT2D eigenvalue weighted by atomic mass is 35.5. The molecule has 1 aromatic heterocycles. The average Bonchev–Trinajstić information content (AvgIpc) is 2.48. The molecule has 0 aliphatic rings. The van der Waals surface area contributed by atoms with E-state index < -0.39 is 0 Å². The third kappa shape index (κ3) is 2.69. The predicted molar refractivity (Wildman–Crippen MR) is 90.2 cm³/mol. The summed E-state index contributed by atoms with van der Waals surface area (Å²) in [7, 11) is 0. The first kappa shape index (κ1) is 14.2. The van der Waals surface area contributed by atoms with Gasteiger partial charge in [-0.15, -0.1) is 0 Å². The maximum absolute atomic E-state index is 6.30. The fraction of sp³-hybridized carbons (Fsp3) is 0.118. The number of anilines is 1. The van der Waals surface area contributed by atoms with Crippen molar-refractivity contribution < 1.29 is 0 Å². The summed E-state index contributed by atoms with van der Waals surface area (Å²) in [5.41, 5.74) is 10.3. The van der Waals surface area contributed by atoms with Crippen molar-refractivity contribution in [1.29, 1.82) is 0 Å². The van der Waals surface area contributed by atoms with Crippen molar-refractivity contribution >= 4 is 39.8 Å². The molecule has 21 heavy (non-hydrogen) atoms. The van der Waals surface area contributed by atoms with Crippen molar-refractivity contribution in [3.63, 3.8) is 0 Å². The van der Waals surface area contributed by atoms with E-state index in [1.54, 1.807) is 12.1 Å². The molecule has 0 saturated carbocycles. The highest BCUT2D eigenvalue weighted by molar-refractivity contribution is 6.37. The van der Waals surface area contributed by atoms with E-state index in [1.165, 1.54) is 0 Å². The molecule has 0 unspecified atom stereocenters. The summed E-state index contributed by atoms with van der Waals surface area (Å²) < 4.78 is 0. The van der Waals surface area contributed by atoms with E-state index in [9.17, 15) is 0 Å². The zero-order chi connectivity index (χ0) is 15.0. The van der Waals surface area contributed by atoms with Crippen LogP contribution in [0.2, 0.25) is 10.0 Å². The van der Waals surface area contributed by atoms with Gasteiger partial charge in [-0.3, -0.25) is 4.98 Å². The summed E-state index contributed by atoms with van der Waals surface area (Å²) >= 11 is 12.6. The molecule has 3 aromatic rings. The van der Waals surface area contributed by atoms with Crippen LogP contribution >= 0.6 is 23.2 Å². The molecule has 0 amide bonds. The lowest BCUT2D eigenvalue weighted by Gasteiger charge is -2.11. The number of nitrogens with two attached hydrogens (primary N) is 1. The van der Waals surface area contributed by atoms with Gasteiger partial charge in [-0.1, -0.05) is 47.5 Å². The lowest BCUT2D eigenvalue weighted by Crippen LogP contribution is -1.97. The van der Waals surface area contributed by atoms with Gasteiger partial charge in [0, 0.05) is 22.5 Å². The van der Waals surface area contributed by atoms with Gasteiger partial charge in [-0.2, -0.15) is 0 Å². The summed E-state index contributed by atoms with van der Waals surface area (Å²) in [6.45, 7) is 1.98. The molecule has 0 saturated heterocycles. The number of rotatable bonds is 2. The second-order valence-corrected chi connectivity index (χ2v) is 5.83. The average molecular weight is 317 g/mol. The van der Waals surface area contributed by atoms with Gasteiger partial charge in [0.1, 0.15) is 0 Å². The fourth-order valence-corrected chi connectivity index (χ4v) is 2.92. The Morgan fingerprint density at radius 2 is 1.86 bits per heavy atom. The predicted octanol–water partition coefficient (Wildman–Crippen LogP) is 5.02. The van der Waals surface area contributed by atoms with Crippen LogP contribution < -0.4 is 5.73 Å². The maximum atomic E-state index is 6.30. The van der Waals surface area contributed by atoms with Crippen molar-refractivity contribution in [2.24, 2.45) is 0 Å². The van der Waals surface area contributed by atoms with E-state index >= 15 is 0 Å². The van der Waals surface area contributed by atoms with Gasteiger partial charge < -0.3 is 5.73 Å². The quantitative estimate of drug-likeness (QED) is 0.674. The molecule has 2 aromatic carbocycles. The summed E-state index contributed by atoms with van der Waals surface area (Å²) in [6.07, 6.45) is 0.608. The van der Waals surface area contributed by atoms with E-state index in [4.69, 9.17) is 28.9 Å². The largest absolute Gasteiger partial charge is 0.398 e. The van der Waals surface area contributed by atoms with Gasteiger partial charge in [0.15, 0.2) is 0 Å². The number of aromatic nitrogens is 1. The minimum absolute atomic E-state index is 0.521. The van der Waals surface area contributed by atoms with E-state index in [-0.39, 0.29) is 0 Å². The van der Waals surface area contributed by atoms with E-state index in [0.717, 1.165) is 27.7 Å². The van der Waals surface area contributed by atoms with E-state index in [2.05, 4.69) is 11.1 Å². The lowest BCUT2D eigenvalue weighted by molar-refractivity contribution is 1.17. The molecule has 2 nitrogen and oxygen atoms in total. The van der Waals surface area contributed by atoms with Crippen LogP contribution in [0, 0.1) is 6.92 Å². The van der Waals surface area contributed by atoms with Crippen LogP contribution in [0.5, 0.6) is 0 Å². The van der Waals surface area contributed by atoms with Crippen LogP contribution in [0.15, 0.2) is 42.5 Å². The van der Waals surface area contributed by atoms with Gasteiger partial charge in [0.05, 0.1) is 16.2 Å². The summed E-state index contributed by atoms with van der Waals surface area (Å²) in [5, 5.41) is 2.25. The first-order valence-electron chi connectivity index (χ1n) is 6.64. The van der Waals surface area contributed by atoms with Crippen LogP contribution in [-0.2, 0) is 6.42 Å². The maximum Gasteiger partial charge on any atom is 0.0740 e. The molecule has 0 fully saturated rings. The van der Waals surface area contributed by atoms with Crippen molar-refractivity contribution in [1.82, 2.24) is 4.98 Å². The van der Waals surface area contributed by atoms with Crippen LogP contribution in [0.1, 0.15) is 16.8 Å². The number of aryl methyl sites for hydroxylation is 1. The zero-order valence-electron chi connectivity index (χ0n) is 11.5. The number of para-hydroxylation sites is 1. The van der Waals surface area contributed by atoms with Crippen molar-refractivity contribution in [2.75, 3.05) is 5.73 Å². The Morgan fingerprint density at radius 1 is 1.05 bits per heavy atom. The molecule has 0 spiro atoms. The summed E-state index contributed by atoms with van der Waals surface area (Å²) in [4.78, 5) is 4.64. The number of hydrogen-bond donors (Lipinski definition) is 1. The topological polar surface area (TPSA) is 38.9 Å². The zero-order valence-corrected chi connectivity index (χ0v) is 13.0. The fourth-order valence-electron chi connectivity index (χ4n) is 2.42. The molecule has 0 aliphatic heterocycles. The molecular weight excluding hydrogens is 303 g/mol. The van der Waals surface area contributed by atoms with Gasteiger partial charge in [0.25, 0.3) is 0 Å². The molecule has 0 atom stereocenters. The second-order valence-electron chi connectivity index (χ2n) is 5.05. The van der Waals surface area contributed by atoms with Crippen molar-refractivity contribution in [2.45, 2.75) is 13.3 Å². The Hall–Kier alpha value is -1.77. The number of benzene rings is 2. The molecular formula is C17H14Cl2N2. The molecule has 2 N–H and O–H groups in total. The van der Waals surface area contributed by atoms with Gasteiger partial charge >= 0.3 is 0 Å². The van der Waals surface area contributed by atoms with Gasteiger partial charge in [-0.05, 0) is 36.2 Å². The monoisotopic (exact) mass is 316 g/mol. The normalized spacial score (nSPS) is 11.0. The summed E-state index contributed by atoms with van der Waals surface area (Å²) in [5.74, 6) is 0. The first-order valence-corrected chi connectivity index (χ1v) is 7.39. The molecule has 0 aliphatic carbocycles. The lowest BCUT2D eigenvalue weighted by atomic mass is 10.0. The molecule has 106 valence electrons. The smallest absolute Gasteiger partial charge is 0.0740 e. The van der Waals surface area contributed by atoms with Crippen LogP contribution in [-0.4, -0.2) is 4.98 Å². The second kappa shape index (κ2) is 5.55. The number of nitrogens with zero attached hydrogens (tertiary/aromatic N) is 1. The first-order chi connectivity index (χ1) is 10.1. The van der Waals surface area contributed by atoms with Gasteiger partial charge in [-0.25, -0.2) is 0 Å². The highest BCUT2D eigenvalue weighted by Crippen LogP contribution is 2.32. The van der Waals surface area contributed by atoms with Gasteiger partial charge in [0.2, 0.25) is 0 Å². The molecule has 4 heteroatoms. The molecule has 0 bridgehead atoms. The molecule has 3 rings (SSSR count).